The Morgan fingerprint density at radius 2 is 2.08 bits per heavy atom. The van der Waals surface area contributed by atoms with Gasteiger partial charge in [-0.15, -0.1) is 5.10 Å². The highest BCUT2D eigenvalue weighted by atomic mass is 32.2. The number of anilines is 1. The van der Waals surface area contributed by atoms with Crippen LogP contribution in [-0.4, -0.2) is 64.0 Å². The lowest BCUT2D eigenvalue weighted by Gasteiger charge is -2.30. The van der Waals surface area contributed by atoms with Crippen LogP contribution in [-0.2, 0) is 14.6 Å². The Morgan fingerprint density at radius 3 is 2.81 bits per heavy atom. The third-order valence-corrected chi connectivity index (χ3v) is 7.60. The zero-order chi connectivity index (χ0) is 18.4. The summed E-state index contributed by atoms with van der Waals surface area (Å²) in [7, 11) is -3.43. The van der Waals surface area contributed by atoms with Crippen molar-refractivity contribution in [1.82, 2.24) is 19.5 Å². The molecule has 0 unspecified atom stereocenters. The van der Waals surface area contributed by atoms with Gasteiger partial charge in [-0.3, -0.25) is 4.79 Å². The maximum atomic E-state index is 13.0. The van der Waals surface area contributed by atoms with Crippen LogP contribution in [0.15, 0.2) is 24.5 Å². The summed E-state index contributed by atoms with van der Waals surface area (Å²) in [5, 5.41) is 7.79. The number of hydrogen-bond donors (Lipinski definition) is 1. The van der Waals surface area contributed by atoms with Crippen molar-refractivity contribution in [3.8, 4) is 0 Å². The molecule has 2 aromatic rings. The molecule has 0 aromatic carbocycles. The molecule has 0 radical (unpaired) electrons. The van der Waals surface area contributed by atoms with Gasteiger partial charge in [0.05, 0.1) is 0 Å². The lowest BCUT2D eigenvalue weighted by Crippen LogP contribution is -2.51. The van der Waals surface area contributed by atoms with E-state index in [9.17, 15) is 13.2 Å². The molecule has 1 saturated heterocycles. The van der Waals surface area contributed by atoms with Crippen LogP contribution in [0.1, 0.15) is 32.1 Å². The van der Waals surface area contributed by atoms with Gasteiger partial charge < -0.3 is 10.2 Å². The van der Waals surface area contributed by atoms with Gasteiger partial charge in [0.15, 0.2) is 20.2 Å². The van der Waals surface area contributed by atoms with Crippen LogP contribution in [0, 0.1) is 0 Å². The molecule has 9 heteroatoms. The molecular weight excluding hydrogens is 354 g/mol. The van der Waals surface area contributed by atoms with Crippen LogP contribution in [0.3, 0.4) is 0 Å². The van der Waals surface area contributed by atoms with Crippen LogP contribution in [0.4, 0.5) is 5.82 Å². The molecule has 4 rings (SSSR count). The van der Waals surface area contributed by atoms with Gasteiger partial charge in [-0.05, 0) is 31.4 Å². The molecule has 1 aliphatic heterocycles. The van der Waals surface area contributed by atoms with Crippen LogP contribution in [0.5, 0.6) is 0 Å². The Labute approximate surface area is 152 Å². The number of carbonyl (C=O) groups is 1. The predicted molar refractivity (Wildman–Crippen MR) is 97.6 cm³/mol. The van der Waals surface area contributed by atoms with Gasteiger partial charge in [-0.25, -0.2) is 17.9 Å². The Bertz CT molecular complexity index is 933. The van der Waals surface area contributed by atoms with Crippen molar-refractivity contribution < 1.29 is 13.2 Å². The Morgan fingerprint density at radius 1 is 1.31 bits per heavy atom. The van der Waals surface area contributed by atoms with Crippen LogP contribution < -0.4 is 5.32 Å². The second-order valence-corrected chi connectivity index (χ2v) is 9.63. The molecule has 3 heterocycles. The number of hydrogen-bond acceptors (Lipinski definition) is 6. The largest absolute Gasteiger partial charge is 0.364 e. The number of nitrogens with one attached hydrogen (secondary N) is 1. The summed E-state index contributed by atoms with van der Waals surface area (Å²) < 4.78 is 25.2. The van der Waals surface area contributed by atoms with Gasteiger partial charge in [0, 0.05) is 37.8 Å². The first-order chi connectivity index (χ1) is 12.4. The van der Waals surface area contributed by atoms with Crippen LogP contribution in [0.25, 0.3) is 5.65 Å². The van der Waals surface area contributed by atoms with Gasteiger partial charge in [0.25, 0.3) is 0 Å². The Kier molecular flexibility index (Phi) is 4.13. The van der Waals surface area contributed by atoms with Crippen molar-refractivity contribution in [1.29, 1.82) is 0 Å². The average Bonchev–Trinajstić information content (AvgIpc) is 3.33. The number of sulfone groups is 1. The quantitative estimate of drug-likeness (QED) is 0.857. The summed E-state index contributed by atoms with van der Waals surface area (Å²) in [6, 6.07) is 3.80. The van der Waals surface area contributed by atoms with Crippen LogP contribution >= 0.6 is 0 Å². The maximum absolute atomic E-state index is 13.0. The first kappa shape index (κ1) is 17.3. The zero-order valence-electron chi connectivity index (χ0n) is 14.8. The number of amides is 1. The number of nitrogens with zero attached hydrogens (tertiary/aromatic N) is 4. The van der Waals surface area contributed by atoms with E-state index in [0.29, 0.717) is 31.7 Å². The normalized spacial score (nSPS) is 22.8. The molecule has 1 saturated carbocycles. The van der Waals surface area contributed by atoms with E-state index in [2.05, 4.69) is 15.4 Å². The Hall–Kier alpha value is -2.16. The fourth-order valence-corrected chi connectivity index (χ4v) is 5.62. The Balaban J connectivity index is 1.46. The molecule has 1 N–H and O–H groups in total. The molecular formula is C17H23N5O3S. The maximum Gasteiger partial charge on any atom is 0.244 e. The first-order valence-corrected chi connectivity index (χ1v) is 10.8. The number of imidazole rings is 1. The van der Waals surface area contributed by atoms with Crippen LogP contribution in [0.2, 0.25) is 0 Å². The lowest BCUT2D eigenvalue weighted by molar-refractivity contribution is -0.132. The number of fused-ring (bicyclic) bond motifs is 1. The van der Waals surface area contributed by atoms with E-state index in [1.807, 2.05) is 12.1 Å². The minimum atomic E-state index is -3.43. The summed E-state index contributed by atoms with van der Waals surface area (Å²) in [6.45, 7) is 1.07. The van der Waals surface area contributed by atoms with Crippen molar-refractivity contribution in [3.05, 3.63) is 24.5 Å². The van der Waals surface area contributed by atoms with Crippen molar-refractivity contribution in [2.24, 2.45) is 0 Å². The standard InChI is InChI=1S/C17H23N5O3S/c1-26(24,25)17(7-2-3-8-17)16(23)21-10-6-13(12-21)19-14-4-5-15-18-9-11-22(15)20-14/h4-5,9,11,13H,2-3,6-8,10,12H2,1H3,(H,19,20)/t13-/m1/s1. The van der Waals surface area contributed by atoms with Crippen molar-refractivity contribution in [2.45, 2.75) is 42.9 Å². The molecule has 8 nitrogen and oxygen atoms in total. The van der Waals surface area contributed by atoms with E-state index >= 15 is 0 Å². The van der Waals surface area contributed by atoms with Gasteiger partial charge >= 0.3 is 0 Å². The highest BCUT2D eigenvalue weighted by Gasteiger charge is 2.52. The summed E-state index contributed by atoms with van der Waals surface area (Å²) in [5.74, 6) is 0.494. The molecule has 1 aliphatic carbocycles. The van der Waals surface area contributed by atoms with Crippen molar-refractivity contribution in [2.75, 3.05) is 24.7 Å². The monoisotopic (exact) mass is 377 g/mol. The molecule has 26 heavy (non-hydrogen) atoms. The van der Waals surface area contributed by atoms with E-state index in [1.54, 1.807) is 21.8 Å². The average molecular weight is 377 g/mol. The fraction of sp³-hybridized carbons (Fsp3) is 0.588. The minimum absolute atomic E-state index is 0.0606. The van der Waals surface area contributed by atoms with Crippen molar-refractivity contribution >= 4 is 27.2 Å². The topological polar surface area (TPSA) is 96.7 Å². The number of likely N-dealkylation sites (tertiary alicyclic amines) is 1. The molecule has 0 spiro atoms. The zero-order valence-corrected chi connectivity index (χ0v) is 15.6. The number of aromatic nitrogens is 3. The summed E-state index contributed by atoms with van der Waals surface area (Å²) >= 11 is 0. The number of carbonyl (C=O) groups excluding carboxylic acids is 1. The SMILES string of the molecule is CS(=O)(=O)C1(C(=O)N2CC[C@@H](Nc3ccc4nccn4n3)C2)CCCC1. The van der Waals surface area contributed by atoms with Gasteiger partial charge in [-0.2, -0.15) is 0 Å². The van der Waals surface area contributed by atoms with E-state index in [4.69, 9.17) is 0 Å². The fourth-order valence-electron chi connectivity index (χ4n) is 4.14. The molecule has 1 amide bonds. The predicted octanol–water partition coefficient (Wildman–Crippen LogP) is 1.10. The molecule has 0 bridgehead atoms. The third kappa shape index (κ3) is 2.84. The molecule has 2 aliphatic rings. The summed E-state index contributed by atoms with van der Waals surface area (Å²) in [4.78, 5) is 18.9. The minimum Gasteiger partial charge on any atom is -0.364 e. The second-order valence-electron chi connectivity index (χ2n) is 7.30. The lowest BCUT2D eigenvalue weighted by atomic mass is 10.1. The smallest absolute Gasteiger partial charge is 0.244 e. The highest BCUT2D eigenvalue weighted by Crippen LogP contribution is 2.38. The van der Waals surface area contributed by atoms with E-state index in [0.717, 1.165) is 24.9 Å². The number of rotatable bonds is 4. The van der Waals surface area contributed by atoms with Gasteiger partial charge in [0.2, 0.25) is 5.91 Å². The second kappa shape index (κ2) is 6.22. The van der Waals surface area contributed by atoms with E-state index < -0.39 is 14.6 Å². The highest BCUT2D eigenvalue weighted by molar-refractivity contribution is 7.92. The van der Waals surface area contributed by atoms with Crippen molar-refractivity contribution in [3.63, 3.8) is 0 Å². The van der Waals surface area contributed by atoms with E-state index in [1.165, 1.54) is 6.26 Å². The summed E-state index contributed by atoms with van der Waals surface area (Å²) in [5.41, 5.74) is 0.773. The molecule has 2 fully saturated rings. The van der Waals surface area contributed by atoms with E-state index in [-0.39, 0.29) is 11.9 Å². The molecule has 1 atom stereocenters. The molecule has 140 valence electrons. The third-order valence-electron chi connectivity index (χ3n) is 5.59. The summed E-state index contributed by atoms with van der Waals surface area (Å²) in [6.07, 6.45) is 7.92. The van der Waals surface area contributed by atoms with Gasteiger partial charge in [0.1, 0.15) is 5.82 Å². The molecule has 2 aromatic heterocycles. The van der Waals surface area contributed by atoms with Gasteiger partial charge in [-0.1, -0.05) is 12.8 Å². The first-order valence-electron chi connectivity index (χ1n) is 8.95.